The molecule has 0 aliphatic carbocycles. The minimum Gasteiger partial charge on any atom is -0.478 e. The molecule has 11 heteroatoms. The first kappa shape index (κ1) is 26.6. The van der Waals surface area contributed by atoms with Crippen LogP contribution in [0.3, 0.4) is 0 Å². The number of aromatic nitrogens is 3. The Morgan fingerprint density at radius 2 is 2.02 bits per heavy atom. The van der Waals surface area contributed by atoms with E-state index in [0.717, 1.165) is 23.4 Å². The van der Waals surface area contributed by atoms with Crippen molar-refractivity contribution in [3.63, 3.8) is 0 Å². The van der Waals surface area contributed by atoms with Gasteiger partial charge >= 0.3 is 5.97 Å². The van der Waals surface area contributed by atoms with Crippen molar-refractivity contribution >= 4 is 28.3 Å². The Morgan fingerprint density at radius 3 is 2.76 bits per heavy atom. The second kappa shape index (κ2) is 11.1. The van der Waals surface area contributed by atoms with Crippen molar-refractivity contribution in [1.29, 1.82) is 5.26 Å². The summed E-state index contributed by atoms with van der Waals surface area (Å²) in [6.45, 7) is 1.27. The smallest absolute Gasteiger partial charge is 0.335 e. The minimum absolute atomic E-state index is 0.00504. The SMILES string of the molecule is N#Cc1csc(COc2cccc(-c3cc(F)c(Cc4nc5ccc(C(=O)O)cc5n4C[C@@H]4CCO4)cc3F)n2)c1. The molecule has 3 aromatic heterocycles. The fraction of sp³-hybridized carbons (Fsp3) is 0.200. The van der Waals surface area contributed by atoms with E-state index in [-0.39, 0.29) is 47.4 Å². The zero-order valence-electron chi connectivity index (χ0n) is 21.5. The number of rotatable bonds is 9. The van der Waals surface area contributed by atoms with Gasteiger partial charge in [0.15, 0.2) is 0 Å². The lowest BCUT2D eigenvalue weighted by molar-refractivity contribution is -0.0589. The summed E-state index contributed by atoms with van der Waals surface area (Å²) in [7, 11) is 0. The third kappa shape index (κ3) is 5.52. The van der Waals surface area contributed by atoms with E-state index in [1.165, 1.54) is 23.5 Å². The molecular weight excluding hydrogens is 550 g/mol. The van der Waals surface area contributed by atoms with Gasteiger partial charge in [-0.2, -0.15) is 5.26 Å². The van der Waals surface area contributed by atoms with Gasteiger partial charge in [-0.05, 0) is 54.4 Å². The van der Waals surface area contributed by atoms with Crippen LogP contribution in [-0.4, -0.2) is 38.3 Å². The molecule has 1 saturated heterocycles. The van der Waals surface area contributed by atoms with Crippen LogP contribution in [0.1, 0.15) is 38.6 Å². The number of nitrogens with zero attached hydrogens (tertiary/aromatic N) is 4. The van der Waals surface area contributed by atoms with Crippen molar-refractivity contribution in [3.8, 4) is 23.2 Å². The normalized spacial score (nSPS) is 14.5. The summed E-state index contributed by atoms with van der Waals surface area (Å²) in [5, 5.41) is 20.2. The van der Waals surface area contributed by atoms with Gasteiger partial charge in [0, 0.05) is 34.9 Å². The maximum absolute atomic E-state index is 15.4. The number of thiophene rings is 1. The van der Waals surface area contributed by atoms with Gasteiger partial charge in [0.1, 0.15) is 30.1 Å². The van der Waals surface area contributed by atoms with E-state index in [0.29, 0.717) is 35.6 Å². The molecular formula is C30H22F2N4O4S. The lowest BCUT2D eigenvalue weighted by Gasteiger charge is -2.27. The lowest BCUT2D eigenvalue weighted by Crippen LogP contribution is -2.31. The van der Waals surface area contributed by atoms with Crippen LogP contribution in [0.25, 0.3) is 22.3 Å². The second-order valence-electron chi connectivity index (χ2n) is 9.59. The summed E-state index contributed by atoms with van der Waals surface area (Å²) in [6, 6.07) is 15.5. The molecule has 5 aromatic rings. The summed E-state index contributed by atoms with van der Waals surface area (Å²) in [4.78, 5) is 21.3. The van der Waals surface area contributed by atoms with Crippen LogP contribution in [0.4, 0.5) is 8.78 Å². The second-order valence-corrected chi connectivity index (χ2v) is 10.6. The molecule has 41 heavy (non-hydrogen) atoms. The summed E-state index contributed by atoms with van der Waals surface area (Å²) >= 11 is 1.39. The van der Waals surface area contributed by atoms with Crippen LogP contribution in [0.5, 0.6) is 5.88 Å². The van der Waals surface area contributed by atoms with Crippen molar-refractivity contribution in [3.05, 3.63) is 99.0 Å². The number of fused-ring (bicyclic) bond motifs is 1. The molecule has 0 spiro atoms. The maximum Gasteiger partial charge on any atom is 0.335 e. The quantitative estimate of drug-likeness (QED) is 0.232. The Hall–Kier alpha value is -4.66. The van der Waals surface area contributed by atoms with Gasteiger partial charge in [0.05, 0.1) is 40.5 Å². The average Bonchev–Trinajstić information content (AvgIpc) is 3.55. The number of aromatic carboxylic acids is 1. The third-order valence-electron chi connectivity index (χ3n) is 6.88. The summed E-state index contributed by atoms with van der Waals surface area (Å²) in [6.07, 6.45) is 0.784. The minimum atomic E-state index is -1.06. The molecule has 0 bridgehead atoms. The van der Waals surface area contributed by atoms with E-state index >= 15 is 8.78 Å². The highest BCUT2D eigenvalue weighted by Gasteiger charge is 2.23. The first-order chi connectivity index (χ1) is 19.9. The lowest BCUT2D eigenvalue weighted by atomic mass is 10.0. The number of benzene rings is 2. The van der Waals surface area contributed by atoms with Crippen molar-refractivity contribution in [1.82, 2.24) is 14.5 Å². The van der Waals surface area contributed by atoms with Gasteiger partial charge in [0.2, 0.25) is 5.88 Å². The van der Waals surface area contributed by atoms with Gasteiger partial charge in [-0.25, -0.2) is 23.5 Å². The summed E-state index contributed by atoms with van der Waals surface area (Å²) < 4.78 is 43.9. The first-order valence-electron chi connectivity index (χ1n) is 12.8. The predicted molar refractivity (Wildman–Crippen MR) is 147 cm³/mol. The van der Waals surface area contributed by atoms with Gasteiger partial charge < -0.3 is 19.1 Å². The monoisotopic (exact) mass is 572 g/mol. The highest BCUT2D eigenvalue weighted by molar-refractivity contribution is 7.10. The third-order valence-corrected chi connectivity index (χ3v) is 7.79. The molecule has 206 valence electrons. The van der Waals surface area contributed by atoms with Crippen LogP contribution in [0.15, 0.2) is 60.0 Å². The van der Waals surface area contributed by atoms with Gasteiger partial charge in [-0.1, -0.05) is 6.07 Å². The van der Waals surface area contributed by atoms with Crippen molar-refractivity contribution in [2.75, 3.05) is 6.61 Å². The molecule has 8 nitrogen and oxygen atoms in total. The summed E-state index contributed by atoms with van der Waals surface area (Å²) in [5.74, 6) is -1.62. The molecule has 1 aliphatic rings. The van der Waals surface area contributed by atoms with E-state index in [9.17, 15) is 9.90 Å². The van der Waals surface area contributed by atoms with Crippen molar-refractivity contribution < 1.29 is 28.2 Å². The Morgan fingerprint density at radius 1 is 1.17 bits per heavy atom. The van der Waals surface area contributed by atoms with Crippen LogP contribution in [0.2, 0.25) is 0 Å². The number of hydrogen-bond donors (Lipinski definition) is 1. The Balaban J connectivity index is 1.27. The number of halogens is 2. The molecule has 4 heterocycles. The Bertz CT molecular complexity index is 1820. The van der Waals surface area contributed by atoms with E-state index < -0.39 is 17.6 Å². The fourth-order valence-corrected chi connectivity index (χ4v) is 5.39. The highest BCUT2D eigenvalue weighted by Crippen LogP contribution is 2.29. The average molecular weight is 573 g/mol. The van der Waals surface area contributed by atoms with Crippen LogP contribution < -0.4 is 4.74 Å². The van der Waals surface area contributed by atoms with E-state index in [1.54, 1.807) is 35.7 Å². The number of carbonyl (C=O) groups is 1. The molecule has 1 aliphatic heterocycles. The molecule has 1 N–H and O–H groups in total. The topological polar surface area (TPSA) is 110 Å². The van der Waals surface area contributed by atoms with Crippen LogP contribution in [0, 0.1) is 23.0 Å². The van der Waals surface area contributed by atoms with E-state index in [4.69, 9.17) is 14.7 Å². The molecule has 2 aromatic carbocycles. The number of imidazole rings is 1. The van der Waals surface area contributed by atoms with E-state index in [2.05, 4.69) is 16.0 Å². The molecule has 0 saturated carbocycles. The number of carboxylic acid groups (broad SMARTS) is 1. The van der Waals surface area contributed by atoms with Gasteiger partial charge in [-0.3, -0.25) is 0 Å². The van der Waals surface area contributed by atoms with Crippen LogP contribution in [-0.2, 0) is 24.3 Å². The highest BCUT2D eigenvalue weighted by atomic mass is 32.1. The van der Waals surface area contributed by atoms with Crippen molar-refractivity contribution in [2.24, 2.45) is 0 Å². The number of pyridine rings is 1. The number of ether oxygens (including phenoxy) is 2. The zero-order chi connectivity index (χ0) is 28.5. The fourth-order valence-electron chi connectivity index (χ4n) is 4.67. The first-order valence-corrected chi connectivity index (χ1v) is 13.7. The van der Waals surface area contributed by atoms with E-state index in [1.807, 2.05) is 4.57 Å². The standard InChI is InChI=1S/C30H22F2N4O4S/c31-23-12-22(25-2-1-3-29(35-25)40-15-21-8-17(13-33)16-41-21)24(32)9-19(23)11-28-34-26-5-4-18(30(37)38)10-27(26)36(28)14-20-6-7-39-20/h1-5,8-10,12,16,20H,6-7,11,14-15H2,(H,37,38)/t20-/m0/s1. The molecule has 0 radical (unpaired) electrons. The zero-order valence-corrected chi connectivity index (χ0v) is 22.3. The van der Waals surface area contributed by atoms with Crippen molar-refractivity contribution in [2.45, 2.75) is 32.1 Å². The largest absolute Gasteiger partial charge is 0.478 e. The number of carboxylic acids is 1. The molecule has 0 unspecified atom stereocenters. The Labute approximate surface area is 237 Å². The van der Waals surface area contributed by atoms with Crippen LogP contribution >= 0.6 is 11.3 Å². The number of nitriles is 1. The Kier molecular flexibility index (Phi) is 7.17. The molecule has 1 atom stereocenters. The predicted octanol–water partition coefficient (Wildman–Crippen LogP) is 5.97. The molecule has 1 fully saturated rings. The summed E-state index contributed by atoms with van der Waals surface area (Å²) in [5.41, 5.74) is 2.13. The molecule has 0 amide bonds. The van der Waals surface area contributed by atoms with Gasteiger partial charge in [0.25, 0.3) is 0 Å². The number of hydrogen-bond acceptors (Lipinski definition) is 7. The maximum atomic E-state index is 15.4. The van der Waals surface area contributed by atoms with Gasteiger partial charge in [-0.15, -0.1) is 11.3 Å². The molecule has 6 rings (SSSR count).